The third-order valence-electron chi connectivity index (χ3n) is 5.41. The second kappa shape index (κ2) is 13.6. The molecule has 7 heteroatoms. The van der Waals surface area contributed by atoms with Crippen LogP contribution >= 0.6 is 12.6 Å². The maximum Gasteiger partial charge on any atom is 0.260 e. The number of carbonyl (C=O) groups is 1. The van der Waals surface area contributed by atoms with E-state index in [0.717, 1.165) is 30.5 Å². The standard InChI is InChI=1S/C27H34N4O2S/c1-20(26(32)29-17-9-8-12-21-10-4-2-5-11-21)33-27-25(30-18-23(28)19-34)16-15-24(31-27)22-13-6-3-7-14-22/h2-7,10-11,13-16,20,23,30,34H,8-9,12,17-19,28H2,1H3,(H,29,32). The fourth-order valence-corrected chi connectivity index (χ4v) is 3.54. The van der Waals surface area contributed by atoms with E-state index in [-0.39, 0.29) is 11.9 Å². The van der Waals surface area contributed by atoms with Gasteiger partial charge in [-0.25, -0.2) is 4.98 Å². The fourth-order valence-electron chi connectivity index (χ4n) is 3.42. The van der Waals surface area contributed by atoms with Crippen LogP contribution in [0.1, 0.15) is 25.3 Å². The number of unbranched alkanes of at least 4 members (excludes halogenated alkanes) is 1. The van der Waals surface area contributed by atoms with Crippen LogP contribution in [0.3, 0.4) is 0 Å². The number of aromatic nitrogens is 1. The largest absolute Gasteiger partial charge is 0.463 e. The number of rotatable bonds is 13. The van der Waals surface area contributed by atoms with E-state index in [0.29, 0.717) is 30.4 Å². The fraction of sp³-hybridized carbons (Fsp3) is 0.333. The van der Waals surface area contributed by atoms with E-state index in [1.165, 1.54) is 5.56 Å². The van der Waals surface area contributed by atoms with Gasteiger partial charge in [0.2, 0.25) is 5.88 Å². The Labute approximate surface area is 207 Å². The lowest BCUT2D eigenvalue weighted by molar-refractivity contribution is -0.127. The Kier molecular flexibility index (Phi) is 10.3. The summed E-state index contributed by atoms with van der Waals surface area (Å²) < 4.78 is 6.02. The van der Waals surface area contributed by atoms with Crippen molar-refractivity contribution in [3.63, 3.8) is 0 Å². The molecule has 1 aromatic heterocycles. The molecule has 0 fully saturated rings. The average Bonchev–Trinajstić information content (AvgIpc) is 2.88. The molecule has 1 amide bonds. The van der Waals surface area contributed by atoms with Gasteiger partial charge >= 0.3 is 0 Å². The van der Waals surface area contributed by atoms with E-state index in [1.54, 1.807) is 6.92 Å². The van der Waals surface area contributed by atoms with Crippen molar-refractivity contribution in [2.24, 2.45) is 5.73 Å². The lowest BCUT2D eigenvalue weighted by Crippen LogP contribution is -2.37. The lowest BCUT2D eigenvalue weighted by Gasteiger charge is -2.19. The highest BCUT2D eigenvalue weighted by molar-refractivity contribution is 7.80. The molecule has 0 aliphatic heterocycles. The molecule has 3 rings (SSSR count). The summed E-state index contributed by atoms with van der Waals surface area (Å²) >= 11 is 4.24. The van der Waals surface area contributed by atoms with Crippen LogP contribution < -0.4 is 21.1 Å². The highest BCUT2D eigenvalue weighted by Gasteiger charge is 2.18. The van der Waals surface area contributed by atoms with Crippen molar-refractivity contribution in [2.45, 2.75) is 38.3 Å². The average molecular weight is 479 g/mol. The minimum absolute atomic E-state index is 0.110. The van der Waals surface area contributed by atoms with Crippen LogP contribution in [-0.2, 0) is 11.2 Å². The zero-order valence-electron chi connectivity index (χ0n) is 19.6. The molecule has 34 heavy (non-hydrogen) atoms. The normalized spacial score (nSPS) is 12.6. The van der Waals surface area contributed by atoms with Crippen molar-refractivity contribution >= 4 is 24.2 Å². The van der Waals surface area contributed by atoms with Crippen molar-refractivity contribution < 1.29 is 9.53 Å². The summed E-state index contributed by atoms with van der Waals surface area (Å²) in [4.78, 5) is 17.3. The first-order valence-electron chi connectivity index (χ1n) is 11.7. The number of hydrogen-bond acceptors (Lipinski definition) is 6. The zero-order valence-corrected chi connectivity index (χ0v) is 20.5. The molecule has 2 atom stereocenters. The number of pyridine rings is 1. The Morgan fingerprint density at radius 1 is 1.03 bits per heavy atom. The predicted octanol–water partition coefficient (Wildman–Crippen LogP) is 4.32. The number of ether oxygens (including phenoxy) is 1. The molecule has 0 radical (unpaired) electrons. The molecule has 0 saturated carbocycles. The summed E-state index contributed by atoms with van der Waals surface area (Å²) in [6, 6.07) is 23.9. The van der Waals surface area contributed by atoms with Crippen LogP contribution in [0.2, 0.25) is 0 Å². The molecule has 2 aromatic carbocycles. The molecule has 3 aromatic rings. The summed E-state index contributed by atoms with van der Waals surface area (Å²) in [6.07, 6.45) is 2.23. The Bertz CT molecular complexity index is 1020. The number of benzene rings is 2. The number of thiol groups is 1. The molecule has 1 heterocycles. The zero-order chi connectivity index (χ0) is 24.2. The molecule has 0 saturated heterocycles. The number of anilines is 1. The molecule has 2 unspecified atom stereocenters. The topological polar surface area (TPSA) is 89.3 Å². The van der Waals surface area contributed by atoms with Crippen molar-refractivity contribution in [3.8, 4) is 17.1 Å². The number of nitrogens with two attached hydrogens (primary N) is 1. The van der Waals surface area contributed by atoms with Crippen LogP contribution in [0, 0.1) is 0 Å². The molecule has 0 bridgehead atoms. The first-order chi connectivity index (χ1) is 16.6. The van der Waals surface area contributed by atoms with Gasteiger partial charge in [0.05, 0.1) is 11.4 Å². The number of amides is 1. The van der Waals surface area contributed by atoms with Gasteiger partial charge in [-0.3, -0.25) is 4.79 Å². The van der Waals surface area contributed by atoms with Crippen molar-refractivity contribution in [1.29, 1.82) is 0 Å². The van der Waals surface area contributed by atoms with Crippen LogP contribution in [-0.4, -0.2) is 41.9 Å². The maximum absolute atomic E-state index is 12.6. The second-order valence-corrected chi connectivity index (χ2v) is 8.60. The summed E-state index contributed by atoms with van der Waals surface area (Å²) in [5.41, 5.74) is 9.75. The number of nitrogens with zero attached hydrogens (tertiary/aromatic N) is 1. The van der Waals surface area contributed by atoms with Gasteiger partial charge < -0.3 is 21.1 Å². The van der Waals surface area contributed by atoms with Gasteiger partial charge in [-0.15, -0.1) is 0 Å². The van der Waals surface area contributed by atoms with Gasteiger partial charge in [-0.1, -0.05) is 60.7 Å². The van der Waals surface area contributed by atoms with E-state index in [9.17, 15) is 4.79 Å². The van der Waals surface area contributed by atoms with Crippen molar-refractivity contribution in [3.05, 3.63) is 78.4 Å². The Balaban J connectivity index is 1.58. The smallest absolute Gasteiger partial charge is 0.260 e. The highest BCUT2D eigenvalue weighted by atomic mass is 32.1. The van der Waals surface area contributed by atoms with Gasteiger partial charge in [0.25, 0.3) is 5.91 Å². The van der Waals surface area contributed by atoms with Gasteiger partial charge in [-0.05, 0) is 43.9 Å². The molecule has 0 aliphatic rings. The molecular formula is C27H34N4O2S. The summed E-state index contributed by atoms with van der Waals surface area (Å²) in [5.74, 6) is 0.769. The minimum Gasteiger partial charge on any atom is -0.463 e. The SMILES string of the molecule is CC(Oc1nc(-c2ccccc2)ccc1NCC(N)CS)C(=O)NCCCCc1ccccc1. The Morgan fingerprint density at radius 3 is 2.44 bits per heavy atom. The Hall–Kier alpha value is -3.03. The Morgan fingerprint density at radius 2 is 1.74 bits per heavy atom. The summed E-state index contributed by atoms with van der Waals surface area (Å²) in [5, 5.41) is 6.24. The molecule has 0 spiro atoms. The van der Waals surface area contributed by atoms with Crippen molar-refractivity contribution in [1.82, 2.24) is 10.3 Å². The molecule has 6 nitrogen and oxygen atoms in total. The minimum atomic E-state index is -0.688. The molecule has 4 N–H and O–H groups in total. The highest BCUT2D eigenvalue weighted by Crippen LogP contribution is 2.28. The monoisotopic (exact) mass is 478 g/mol. The number of hydrogen-bond donors (Lipinski definition) is 4. The van der Waals surface area contributed by atoms with Crippen LogP contribution in [0.5, 0.6) is 5.88 Å². The van der Waals surface area contributed by atoms with Crippen LogP contribution in [0.15, 0.2) is 72.8 Å². The van der Waals surface area contributed by atoms with E-state index < -0.39 is 6.10 Å². The number of nitrogens with one attached hydrogen (secondary N) is 2. The van der Waals surface area contributed by atoms with E-state index >= 15 is 0 Å². The van der Waals surface area contributed by atoms with Gasteiger partial charge in [-0.2, -0.15) is 12.6 Å². The summed E-state index contributed by atoms with van der Waals surface area (Å²) in [7, 11) is 0. The third kappa shape index (κ3) is 8.08. The first-order valence-corrected chi connectivity index (χ1v) is 12.3. The van der Waals surface area contributed by atoms with E-state index in [2.05, 4.69) is 40.4 Å². The van der Waals surface area contributed by atoms with Crippen molar-refractivity contribution in [2.75, 3.05) is 24.2 Å². The van der Waals surface area contributed by atoms with Crippen LogP contribution in [0.4, 0.5) is 5.69 Å². The quantitative estimate of drug-likeness (QED) is 0.217. The van der Waals surface area contributed by atoms with Gasteiger partial charge in [0.15, 0.2) is 6.10 Å². The molecule has 0 aliphatic carbocycles. The van der Waals surface area contributed by atoms with Gasteiger partial charge in [0.1, 0.15) is 0 Å². The molecule has 180 valence electrons. The molecular weight excluding hydrogens is 444 g/mol. The lowest BCUT2D eigenvalue weighted by atomic mass is 10.1. The van der Waals surface area contributed by atoms with Gasteiger partial charge in [0, 0.05) is 30.4 Å². The van der Waals surface area contributed by atoms with Crippen LogP contribution in [0.25, 0.3) is 11.3 Å². The summed E-state index contributed by atoms with van der Waals surface area (Å²) in [6.45, 7) is 2.87. The van der Waals surface area contributed by atoms with E-state index in [1.807, 2.05) is 60.7 Å². The maximum atomic E-state index is 12.6. The van der Waals surface area contributed by atoms with E-state index in [4.69, 9.17) is 10.5 Å². The number of carbonyl (C=O) groups excluding carboxylic acids is 1. The predicted molar refractivity (Wildman–Crippen MR) is 142 cm³/mol. The first kappa shape index (κ1) is 25.6. The second-order valence-electron chi connectivity index (χ2n) is 8.23. The third-order valence-corrected chi connectivity index (χ3v) is 5.88. The number of aryl methyl sites for hydroxylation is 1.